The van der Waals surface area contributed by atoms with Crippen LogP contribution in [0.3, 0.4) is 0 Å². The number of rotatable bonds is 6. The van der Waals surface area contributed by atoms with Gasteiger partial charge in [0.2, 0.25) is 0 Å². The maximum atomic E-state index is 4.45. The second kappa shape index (κ2) is 7.95. The third-order valence-electron chi connectivity index (χ3n) is 4.69. The highest BCUT2D eigenvalue weighted by molar-refractivity contribution is 5.09. The maximum absolute atomic E-state index is 4.45. The summed E-state index contributed by atoms with van der Waals surface area (Å²) in [5.41, 5.74) is 1.41. The van der Waals surface area contributed by atoms with Crippen molar-refractivity contribution in [3.63, 3.8) is 0 Å². The molecular weight excluding hydrogens is 260 g/mol. The molecule has 0 amide bonds. The highest BCUT2D eigenvalue weighted by atomic mass is 15.2. The van der Waals surface area contributed by atoms with Crippen molar-refractivity contribution < 1.29 is 0 Å². The molecule has 0 saturated carbocycles. The Hall–Kier alpha value is -0.870. The van der Waals surface area contributed by atoms with E-state index in [0.717, 1.165) is 19.5 Å². The monoisotopic (exact) mass is 292 g/mol. The zero-order chi connectivity index (χ0) is 15.2. The molecular formula is C17H32N4. The van der Waals surface area contributed by atoms with Crippen LogP contribution in [0, 0.1) is 5.92 Å². The molecule has 120 valence electrons. The zero-order valence-corrected chi connectivity index (χ0v) is 14.2. The topological polar surface area (TPSA) is 33.1 Å². The van der Waals surface area contributed by atoms with Crippen molar-refractivity contribution in [3.05, 3.63) is 18.2 Å². The highest BCUT2D eigenvalue weighted by Crippen LogP contribution is 2.36. The molecule has 0 spiro atoms. The van der Waals surface area contributed by atoms with Gasteiger partial charge in [-0.25, -0.2) is 4.98 Å². The van der Waals surface area contributed by atoms with Gasteiger partial charge in [0, 0.05) is 18.8 Å². The van der Waals surface area contributed by atoms with Crippen LogP contribution in [0.15, 0.2) is 12.5 Å². The lowest BCUT2D eigenvalue weighted by Gasteiger charge is -2.38. The quantitative estimate of drug-likeness (QED) is 0.875. The fourth-order valence-corrected chi connectivity index (χ4v) is 3.74. The molecule has 0 aromatic carbocycles. The van der Waals surface area contributed by atoms with Gasteiger partial charge >= 0.3 is 0 Å². The lowest BCUT2D eigenvalue weighted by atomic mass is 9.91. The number of nitrogens with zero attached hydrogens (tertiary/aromatic N) is 3. The van der Waals surface area contributed by atoms with Crippen molar-refractivity contribution in [3.8, 4) is 0 Å². The number of hydrogen-bond donors (Lipinski definition) is 1. The predicted octanol–water partition coefficient (Wildman–Crippen LogP) is 3.06. The van der Waals surface area contributed by atoms with Crippen LogP contribution in [-0.4, -0.2) is 40.6 Å². The SMILES string of the molecule is CCCn1cncc1C1C(CNC)CCCCN1C(C)C. The molecule has 0 bridgehead atoms. The van der Waals surface area contributed by atoms with Gasteiger partial charge in [0.15, 0.2) is 0 Å². The first kappa shape index (κ1) is 16.5. The predicted molar refractivity (Wildman–Crippen MR) is 88.4 cm³/mol. The molecule has 1 aromatic heterocycles. The molecule has 0 radical (unpaired) electrons. The largest absolute Gasteiger partial charge is 0.333 e. The number of imidazole rings is 1. The Balaban J connectivity index is 2.35. The summed E-state index contributed by atoms with van der Waals surface area (Å²) in [5, 5.41) is 3.41. The molecule has 1 aliphatic rings. The summed E-state index contributed by atoms with van der Waals surface area (Å²) in [4.78, 5) is 7.14. The third-order valence-corrected chi connectivity index (χ3v) is 4.69. The second-order valence-corrected chi connectivity index (χ2v) is 6.60. The van der Waals surface area contributed by atoms with Crippen LogP contribution >= 0.6 is 0 Å². The van der Waals surface area contributed by atoms with Gasteiger partial charge in [0.25, 0.3) is 0 Å². The van der Waals surface area contributed by atoms with Gasteiger partial charge in [-0.1, -0.05) is 13.3 Å². The molecule has 2 heterocycles. The minimum Gasteiger partial charge on any atom is -0.333 e. The van der Waals surface area contributed by atoms with E-state index >= 15 is 0 Å². The number of aromatic nitrogens is 2. The van der Waals surface area contributed by atoms with E-state index in [0.29, 0.717) is 18.0 Å². The summed E-state index contributed by atoms with van der Waals surface area (Å²) in [6, 6.07) is 1.08. The summed E-state index contributed by atoms with van der Waals surface area (Å²) in [7, 11) is 2.07. The number of nitrogens with one attached hydrogen (secondary N) is 1. The molecule has 21 heavy (non-hydrogen) atoms. The molecule has 2 atom stereocenters. The van der Waals surface area contributed by atoms with Crippen molar-refractivity contribution in [2.75, 3.05) is 20.1 Å². The molecule has 4 nitrogen and oxygen atoms in total. The average molecular weight is 292 g/mol. The minimum atomic E-state index is 0.494. The van der Waals surface area contributed by atoms with Crippen molar-refractivity contribution >= 4 is 0 Å². The Labute approximate surface area is 129 Å². The Morgan fingerprint density at radius 2 is 2.19 bits per heavy atom. The molecule has 2 rings (SSSR count). The van der Waals surface area contributed by atoms with E-state index in [9.17, 15) is 0 Å². The third kappa shape index (κ3) is 3.86. The number of aryl methyl sites for hydroxylation is 1. The van der Waals surface area contributed by atoms with Gasteiger partial charge in [0.05, 0.1) is 18.1 Å². The van der Waals surface area contributed by atoms with E-state index in [1.165, 1.54) is 31.5 Å². The molecule has 1 aromatic rings. The van der Waals surface area contributed by atoms with Crippen LogP contribution < -0.4 is 5.32 Å². The van der Waals surface area contributed by atoms with Crippen molar-refractivity contribution in [1.29, 1.82) is 0 Å². The van der Waals surface area contributed by atoms with Gasteiger partial charge in [-0.15, -0.1) is 0 Å². The van der Waals surface area contributed by atoms with Crippen LogP contribution in [0.4, 0.5) is 0 Å². The first-order valence-corrected chi connectivity index (χ1v) is 8.59. The van der Waals surface area contributed by atoms with Gasteiger partial charge in [0.1, 0.15) is 0 Å². The molecule has 1 saturated heterocycles. The van der Waals surface area contributed by atoms with Crippen molar-refractivity contribution in [2.24, 2.45) is 5.92 Å². The Kier molecular flexibility index (Phi) is 6.24. The van der Waals surface area contributed by atoms with Crippen LogP contribution in [0.5, 0.6) is 0 Å². The van der Waals surface area contributed by atoms with E-state index < -0.39 is 0 Å². The Bertz CT molecular complexity index is 413. The molecule has 0 aliphatic carbocycles. The van der Waals surface area contributed by atoms with E-state index in [2.05, 4.69) is 53.8 Å². The van der Waals surface area contributed by atoms with E-state index in [1.807, 2.05) is 6.33 Å². The average Bonchev–Trinajstić information content (AvgIpc) is 2.79. The Morgan fingerprint density at radius 3 is 2.86 bits per heavy atom. The molecule has 1 aliphatic heterocycles. The maximum Gasteiger partial charge on any atom is 0.0948 e. The number of likely N-dealkylation sites (tertiary alicyclic amines) is 1. The van der Waals surface area contributed by atoms with Crippen molar-refractivity contribution in [1.82, 2.24) is 19.8 Å². The first-order valence-electron chi connectivity index (χ1n) is 8.59. The Morgan fingerprint density at radius 1 is 1.38 bits per heavy atom. The van der Waals surface area contributed by atoms with Gasteiger partial charge in [-0.2, -0.15) is 0 Å². The van der Waals surface area contributed by atoms with Crippen LogP contribution in [-0.2, 0) is 6.54 Å². The van der Waals surface area contributed by atoms with Gasteiger partial charge in [-0.3, -0.25) is 4.90 Å². The summed E-state index contributed by atoms with van der Waals surface area (Å²) in [6.07, 6.45) is 9.24. The van der Waals surface area contributed by atoms with E-state index in [1.54, 1.807) is 0 Å². The summed E-state index contributed by atoms with van der Waals surface area (Å²) < 4.78 is 2.37. The van der Waals surface area contributed by atoms with Gasteiger partial charge in [-0.05, 0) is 59.2 Å². The summed E-state index contributed by atoms with van der Waals surface area (Å²) in [5.74, 6) is 0.673. The fourth-order valence-electron chi connectivity index (χ4n) is 3.74. The fraction of sp³-hybridized carbons (Fsp3) is 0.824. The molecule has 4 heteroatoms. The van der Waals surface area contributed by atoms with E-state index in [-0.39, 0.29) is 0 Å². The van der Waals surface area contributed by atoms with Gasteiger partial charge < -0.3 is 9.88 Å². The highest BCUT2D eigenvalue weighted by Gasteiger charge is 2.33. The normalized spacial score (nSPS) is 24.4. The molecule has 2 unspecified atom stereocenters. The molecule has 1 N–H and O–H groups in total. The summed E-state index contributed by atoms with van der Waals surface area (Å²) >= 11 is 0. The summed E-state index contributed by atoms with van der Waals surface area (Å²) in [6.45, 7) is 10.3. The number of hydrogen-bond acceptors (Lipinski definition) is 3. The van der Waals surface area contributed by atoms with Crippen LogP contribution in [0.25, 0.3) is 0 Å². The first-order chi connectivity index (χ1) is 10.2. The molecule has 1 fully saturated rings. The van der Waals surface area contributed by atoms with Crippen LogP contribution in [0.1, 0.15) is 58.2 Å². The lowest BCUT2D eigenvalue weighted by molar-refractivity contribution is 0.112. The zero-order valence-electron chi connectivity index (χ0n) is 14.2. The van der Waals surface area contributed by atoms with Crippen molar-refractivity contribution in [2.45, 2.75) is 65.1 Å². The second-order valence-electron chi connectivity index (χ2n) is 6.60. The minimum absolute atomic E-state index is 0.494. The standard InChI is InChI=1S/C17H32N4/c1-5-9-20-13-19-12-16(20)17-15(11-18-4)8-6-7-10-21(17)14(2)3/h12-15,17-18H,5-11H2,1-4H3. The van der Waals surface area contributed by atoms with E-state index in [4.69, 9.17) is 0 Å². The lowest BCUT2D eigenvalue weighted by Crippen LogP contribution is -2.41. The smallest absolute Gasteiger partial charge is 0.0948 e. The van der Waals surface area contributed by atoms with Crippen LogP contribution in [0.2, 0.25) is 0 Å².